The molecular formula is C25H26ClN5O3S. The molecule has 10 heteroatoms. The smallest absolute Gasteiger partial charge is 0.264 e. The van der Waals surface area contributed by atoms with Crippen molar-refractivity contribution in [2.24, 2.45) is 11.1 Å². The zero-order valence-electron chi connectivity index (χ0n) is 19.3. The van der Waals surface area contributed by atoms with Crippen molar-refractivity contribution in [3.63, 3.8) is 0 Å². The van der Waals surface area contributed by atoms with Crippen LogP contribution in [0.15, 0.2) is 30.5 Å². The molecule has 0 aliphatic heterocycles. The van der Waals surface area contributed by atoms with Crippen molar-refractivity contribution in [2.75, 3.05) is 0 Å². The van der Waals surface area contributed by atoms with Gasteiger partial charge < -0.3 is 15.8 Å². The second-order valence-electron chi connectivity index (χ2n) is 10.1. The molecule has 1 aromatic carbocycles. The minimum atomic E-state index is -0.473. The number of hydrogen-bond donors (Lipinski definition) is 2. The molecule has 182 valence electrons. The Labute approximate surface area is 211 Å². The highest BCUT2D eigenvalue weighted by molar-refractivity contribution is 7.14. The Kier molecular flexibility index (Phi) is 5.37. The molecule has 3 aliphatic rings. The fourth-order valence-electron chi connectivity index (χ4n) is 5.37. The van der Waals surface area contributed by atoms with E-state index in [0.717, 1.165) is 54.9 Å². The summed E-state index contributed by atoms with van der Waals surface area (Å²) in [5.74, 6) is 0.290. The van der Waals surface area contributed by atoms with Gasteiger partial charge in [0.1, 0.15) is 11.1 Å². The number of carbonyl (C=O) groups excluding carboxylic acids is 2. The predicted octanol–water partition coefficient (Wildman–Crippen LogP) is 4.39. The van der Waals surface area contributed by atoms with Crippen molar-refractivity contribution >= 4 is 34.8 Å². The summed E-state index contributed by atoms with van der Waals surface area (Å²) in [6.07, 6.45) is 7.55. The summed E-state index contributed by atoms with van der Waals surface area (Å²) in [6, 6.07) is 7.50. The fourth-order valence-corrected chi connectivity index (χ4v) is 6.52. The number of ether oxygens (including phenoxy) is 1. The number of nitrogens with zero attached hydrogens (tertiary/aromatic N) is 3. The second kappa shape index (κ2) is 8.34. The topological polar surface area (TPSA) is 112 Å². The molecule has 0 saturated heterocycles. The lowest BCUT2D eigenvalue weighted by Crippen LogP contribution is -2.58. The molecule has 3 saturated carbocycles. The SMILES string of the molecule is Cc1c(C(=O)NC2CC3(C2)CC(Oc2nc(C4CC4)sc2C(N)=O)C3)cnn1-c1ccc(Cl)cc1. The van der Waals surface area contributed by atoms with Gasteiger partial charge in [0, 0.05) is 17.0 Å². The molecule has 3 aliphatic carbocycles. The number of amides is 2. The third kappa shape index (κ3) is 4.21. The summed E-state index contributed by atoms with van der Waals surface area (Å²) in [5, 5.41) is 9.16. The molecule has 0 bridgehead atoms. The Balaban J connectivity index is 1.02. The van der Waals surface area contributed by atoms with Crippen LogP contribution in [0.5, 0.6) is 5.88 Å². The van der Waals surface area contributed by atoms with Crippen LogP contribution in [0.1, 0.15) is 75.2 Å². The van der Waals surface area contributed by atoms with Crippen molar-refractivity contribution in [3.05, 3.63) is 56.6 Å². The van der Waals surface area contributed by atoms with Crippen LogP contribution in [0.3, 0.4) is 0 Å². The van der Waals surface area contributed by atoms with Crippen LogP contribution >= 0.6 is 22.9 Å². The Bertz CT molecular complexity index is 1300. The number of nitrogens with two attached hydrogens (primary N) is 1. The van der Waals surface area contributed by atoms with Crippen LogP contribution in [-0.2, 0) is 0 Å². The molecule has 0 atom stereocenters. The van der Waals surface area contributed by atoms with E-state index in [-0.39, 0.29) is 23.5 Å². The lowest BCUT2D eigenvalue weighted by molar-refractivity contribution is -0.0846. The zero-order chi connectivity index (χ0) is 24.3. The molecule has 3 aromatic rings. The van der Waals surface area contributed by atoms with Gasteiger partial charge in [0.2, 0.25) is 5.88 Å². The van der Waals surface area contributed by atoms with Gasteiger partial charge in [-0.05, 0) is 75.1 Å². The quantitative estimate of drug-likeness (QED) is 0.488. The van der Waals surface area contributed by atoms with Crippen molar-refractivity contribution in [1.82, 2.24) is 20.1 Å². The molecule has 0 unspecified atom stereocenters. The number of primary amides is 1. The van der Waals surface area contributed by atoms with Crippen molar-refractivity contribution < 1.29 is 14.3 Å². The number of nitrogens with one attached hydrogen (secondary N) is 1. The summed E-state index contributed by atoms with van der Waals surface area (Å²) in [5.41, 5.74) is 7.96. The van der Waals surface area contributed by atoms with Gasteiger partial charge in [-0.25, -0.2) is 9.67 Å². The fraction of sp³-hybridized carbons (Fsp3) is 0.440. The molecule has 1 spiro atoms. The van der Waals surface area contributed by atoms with Crippen LogP contribution < -0.4 is 15.8 Å². The van der Waals surface area contributed by atoms with E-state index in [9.17, 15) is 9.59 Å². The van der Waals surface area contributed by atoms with Crippen LogP contribution in [0.2, 0.25) is 5.02 Å². The van der Waals surface area contributed by atoms with Crippen LogP contribution in [0.4, 0.5) is 0 Å². The van der Waals surface area contributed by atoms with Crippen molar-refractivity contribution in [2.45, 2.75) is 63.5 Å². The maximum atomic E-state index is 12.9. The lowest BCUT2D eigenvalue weighted by Gasteiger charge is -2.57. The summed E-state index contributed by atoms with van der Waals surface area (Å²) in [6.45, 7) is 1.89. The third-order valence-corrected chi connectivity index (χ3v) is 8.85. The number of hydrogen-bond acceptors (Lipinski definition) is 6. The highest BCUT2D eigenvalue weighted by Crippen LogP contribution is 2.57. The minimum absolute atomic E-state index is 0.0405. The average Bonchev–Trinajstić information content (AvgIpc) is 3.42. The molecular weight excluding hydrogens is 486 g/mol. The van der Waals surface area contributed by atoms with E-state index in [4.69, 9.17) is 22.1 Å². The van der Waals surface area contributed by atoms with Gasteiger partial charge in [0.05, 0.1) is 23.1 Å². The first-order valence-electron chi connectivity index (χ1n) is 11.9. The lowest BCUT2D eigenvalue weighted by atomic mass is 9.53. The van der Waals surface area contributed by atoms with E-state index in [2.05, 4.69) is 15.4 Å². The number of rotatable bonds is 7. The number of benzene rings is 1. The molecule has 35 heavy (non-hydrogen) atoms. The van der Waals surface area contributed by atoms with Gasteiger partial charge in [0.25, 0.3) is 11.8 Å². The van der Waals surface area contributed by atoms with E-state index in [1.165, 1.54) is 11.3 Å². The average molecular weight is 512 g/mol. The largest absolute Gasteiger partial charge is 0.473 e. The maximum absolute atomic E-state index is 12.9. The van der Waals surface area contributed by atoms with Crippen LogP contribution in [0, 0.1) is 12.3 Å². The second-order valence-corrected chi connectivity index (χ2v) is 11.6. The Morgan fingerprint density at radius 3 is 2.57 bits per heavy atom. The molecule has 8 nitrogen and oxygen atoms in total. The number of halogens is 1. The van der Waals surface area contributed by atoms with Gasteiger partial charge >= 0.3 is 0 Å². The van der Waals surface area contributed by atoms with E-state index in [1.54, 1.807) is 23.0 Å². The molecule has 3 N–H and O–H groups in total. The van der Waals surface area contributed by atoms with Gasteiger partial charge in [0.15, 0.2) is 4.88 Å². The van der Waals surface area contributed by atoms with E-state index in [1.807, 2.05) is 19.1 Å². The normalized spacial score (nSPS) is 25.1. The van der Waals surface area contributed by atoms with E-state index in [0.29, 0.717) is 27.3 Å². The highest BCUT2D eigenvalue weighted by Gasteiger charge is 2.54. The summed E-state index contributed by atoms with van der Waals surface area (Å²) in [4.78, 5) is 29.7. The number of thiazole rings is 1. The Morgan fingerprint density at radius 2 is 1.91 bits per heavy atom. The molecule has 2 heterocycles. The monoisotopic (exact) mass is 511 g/mol. The third-order valence-electron chi connectivity index (χ3n) is 7.38. The first-order valence-corrected chi connectivity index (χ1v) is 13.1. The van der Waals surface area contributed by atoms with E-state index < -0.39 is 5.91 Å². The van der Waals surface area contributed by atoms with Crippen LogP contribution in [-0.4, -0.2) is 38.7 Å². The molecule has 2 amide bonds. The van der Waals surface area contributed by atoms with Crippen molar-refractivity contribution in [1.29, 1.82) is 0 Å². The predicted molar refractivity (Wildman–Crippen MR) is 132 cm³/mol. The minimum Gasteiger partial charge on any atom is -0.473 e. The maximum Gasteiger partial charge on any atom is 0.264 e. The number of carbonyl (C=O) groups is 2. The Hall–Kier alpha value is -2.91. The molecule has 3 fully saturated rings. The molecule has 0 radical (unpaired) electrons. The molecule has 6 rings (SSSR count). The van der Waals surface area contributed by atoms with Crippen molar-refractivity contribution in [3.8, 4) is 11.6 Å². The zero-order valence-corrected chi connectivity index (χ0v) is 20.9. The van der Waals surface area contributed by atoms with Gasteiger partial charge in [-0.15, -0.1) is 11.3 Å². The summed E-state index contributed by atoms with van der Waals surface area (Å²) < 4.78 is 7.82. The van der Waals surface area contributed by atoms with Gasteiger partial charge in [-0.3, -0.25) is 9.59 Å². The first-order chi connectivity index (χ1) is 16.8. The summed E-state index contributed by atoms with van der Waals surface area (Å²) in [7, 11) is 0. The summed E-state index contributed by atoms with van der Waals surface area (Å²) >= 11 is 7.35. The van der Waals surface area contributed by atoms with Gasteiger partial charge in [-0.1, -0.05) is 11.6 Å². The Morgan fingerprint density at radius 1 is 1.20 bits per heavy atom. The first kappa shape index (κ1) is 22.5. The standard InChI is InChI=1S/C25H26ClN5O3S/c1-13-19(12-28-31(13)17-6-4-15(26)5-7-17)22(33)29-16-8-25(9-16)10-18(11-25)34-23-20(21(27)32)35-24(30-23)14-2-3-14/h4-7,12,14,16,18H,2-3,8-11H2,1H3,(H2,27,32)(H,29,33). The highest BCUT2D eigenvalue weighted by atomic mass is 35.5. The van der Waals surface area contributed by atoms with E-state index >= 15 is 0 Å². The van der Waals surface area contributed by atoms with Gasteiger partial charge in [-0.2, -0.15) is 5.10 Å². The van der Waals surface area contributed by atoms with Crippen LogP contribution in [0.25, 0.3) is 5.69 Å². The molecule has 2 aromatic heterocycles. The number of aromatic nitrogens is 3.